The Balaban J connectivity index is 2.39. The molecule has 0 bridgehead atoms. The van der Waals surface area contributed by atoms with E-state index < -0.39 is 22.0 Å². The lowest BCUT2D eigenvalue weighted by atomic mass is 10.2. The second-order valence-corrected chi connectivity index (χ2v) is 8.63. The quantitative estimate of drug-likeness (QED) is 0.661. The van der Waals surface area contributed by atoms with Gasteiger partial charge in [-0.2, -0.15) is 0 Å². The molecule has 26 heavy (non-hydrogen) atoms. The van der Waals surface area contributed by atoms with Crippen LogP contribution in [0.15, 0.2) is 42.5 Å². The maximum atomic E-state index is 12.8. The maximum Gasteiger partial charge on any atom is 0.248 e. The van der Waals surface area contributed by atoms with Crippen LogP contribution in [0.3, 0.4) is 0 Å². The first-order valence-electron chi connectivity index (χ1n) is 7.65. The Morgan fingerprint density at radius 3 is 2.19 bits per heavy atom. The summed E-state index contributed by atoms with van der Waals surface area (Å²) in [6.07, 6.45) is 1.31. The predicted octanol–water partition coefficient (Wildman–Crippen LogP) is 4.83. The van der Waals surface area contributed by atoms with E-state index in [0.29, 0.717) is 5.69 Å². The first kappa shape index (κ1) is 20.8. The minimum Gasteiger partial charge on any atom is -0.323 e. The van der Waals surface area contributed by atoms with Crippen LogP contribution >= 0.6 is 34.8 Å². The maximum absolute atomic E-state index is 12.8. The van der Waals surface area contributed by atoms with E-state index in [0.717, 1.165) is 10.6 Å². The number of carbonyl (C=O) groups excluding carboxylic acids is 1. The van der Waals surface area contributed by atoms with E-state index in [1.807, 2.05) is 0 Å². The Labute approximate surface area is 167 Å². The molecule has 0 spiro atoms. The van der Waals surface area contributed by atoms with Gasteiger partial charge in [0.25, 0.3) is 0 Å². The summed E-state index contributed by atoms with van der Waals surface area (Å²) in [4.78, 5) is 12.8. The minimum atomic E-state index is -3.70. The number of halogens is 3. The van der Waals surface area contributed by atoms with Crippen molar-refractivity contribution in [1.82, 2.24) is 0 Å². The summed E-state index contributed by atoms with van der Waals surface area (Å²) < 4.78 is 25.8. The second kappa shape index (κ2) is 8.48. The van der Waals surface area contributed by atoms with Gasteiger partial charge in [0, 0.05) is 0 Å². The summed E-state index contributed by atoms with van der Waals surface area (Å²) in [6, 6.07) is 10.3. The van der Waals surface area contributed by atoms with Crippen LogP contribution in [0.1, 0.15) is 13.3 Å². The third-order valence-corrected chi connectivity index (χ3v) is 5.82. The van der Waals surface area contributed by atoms with Crippen LogP contribution in [0.4, 0.5) is 11.4 Å². The van der Waals surface area contributed by atoms with Gasteiger partial charge in [0.15, 0.2) is 0 Å². The number of nitrogens with one attached hydrogen (secondary N) is 1. The fourth-order valence-corrected chi connectivity index (χ4v) is 4.28. The normalized spacial score (nSPS) is 12.5. The molecule has 0 aliphatic heterocycles. The van der Waals surface area contributed by atoms with Gasteiger partial charge in [0.2, 0.25) is 15.9 Å². The molecule has 0 radical (unpaired) electrons. The van der Waals surface area contributed by atoms with Crippen molar-refractivity contribution >= 4 is 62.1 Å². The number of amides is 1. The Kier molecular flexibility index (Phi) is 6.80. The fraction of sp³-hybridized carbons (Fsp3) is 0.235. The van der Waals surface area contributed by atoms with Gasteiger partial charge < -0.3 is 5.32 Å². The number of benzene rings is 2. The van der Waals surface area contributed by atoms with Crippen molar-refractivity contribution in [3.63, 3.8) is 0 Å². The zero-order valence-electron chi connectivity index (χ0n) is 14.0. The fourth-order valence-electron chi connectivity index (χ4n) is 2.47. The molecule has 0 saturated carbocycles. The van der Waals surface area contributed by atoms with Crippen molar-refractivity contribution in [1.29, 1.82) is 0 Å². The lowest BCUT2D eigenvalue weighted by molar-refractivity contribution is -0.117. The van der Waals surface area contributed by atoms with Gasteiger partial charge in [0.1, 0.15) is 6.04 Å². The number of carbonyl (C=O) groups is 1. The summed E-state index contributed by atoms with van der Waals surface area (Å²) in [7, 11) is -3.70. The molecular weight excluding hydrogens is 419 g/mol. The van der Waals surface area contributed by atoms with Gasteiger partial charge in [-0.3, -0.25) is 9.10 Å². The average Bonchev–Trinajstić information content (AvgIpc) is 2.56. The molecule has 0 saturated heterocycles. The highest BCUT2D eigenvalue weighted by Crippen LogP contribution is 2.33. The number of hydrogen-bond acceptors (Lipinski definition) is 3. The Morgan fingerprint density at radius 1 is 1.08 bits per heavy atom. The molecule has 0 unspecified atom stereocenters. The number of hydrogen-bond donors (Lipinski definition) is 1. The van der Waals surface area contributed by atoms with Crippen molar-refractivity contribution in [3.8, 4) is 0 Å². The highest BCUT2D eigenvalue weighted by molar-refractivity contribution is 7.92. The second-order valence-electron chi connectivity index (χ2n) is 5.55. The molecule has 1 atom stereocenters. The summed E-state index contributed by atoms with van der Waals surface area (Å²) in [5.41, 5.74) is 0.656. The number of nitrogens with zero attached hydrogens (tertiary/aromatic N) is 1. The molecule has 1 amide bonds. The molecule has 2 aromatic carbocycles. The largest absolute Gasteiger partial charge is 0.323 e. The minimum absolute atomic E-state index is 0.202. The van der Waals surface area contributed by atoms with E-state index in [9.17, 15) is 13.2 Å². The van der Waals surface area contributed by atoms with E-state index in [1.54, 1.807) is 37.3 Å². The number of sulfonamides is 1. The summed E-state index contributed by atoms with van der Waals surface area (Å²) in [5, 5.41) is 3.31. The Morgan fingerprint density at radius 2 is 1.65 bits per heavy atom. The van der Waals surface area contributed by atoms with Gasteiger partial charge in [0.05, 0.1) is 32.7 Å². The van der Waals surface area contributed by atoms with Gasteiger partial charge in [-0.1, -0.05) is 59.9 Å². The van der Waals surface area contributed by atoms with Crippen LogP contribution in [0.5, 0.6) is 0 Å². The third kappa shape index (κ3) is 4.82. The summed E-state index contributed by atoms with van der Waals surface area (Å²) in [5.74, 6) is -0.526. The topological polar surface area (TPSA) is 66.5 Å². The zero-order chi connectivity index (χ0) is 19.5. The summed E-state index contributed by atoms with van der Waals surface area (Å²) >= 11 is 17.9. The molecule has 0 heterocycles. The van der Waals surface area contributed by atoms with Crippen LogP contribution < -0.4 is 9.62 Å². The predicted molar refractivity (Wildman–Crippen MR) is 108 cm³/mol. The molecule has 0 aromatic heterocycles. The average molecular weight is 436 g/mol. The van der Waals surface area contributed by atoms with Crippen LogP contribution in [-0.4, -0.2) is 26.6 Å². The molecule has 140 valence electrons. The van der Waals surface area contributed by atoms with Crippen molar-refractivity contribution in [2.45, 2.75) is 19.4 Å². The third-order valence-electron chi connectivity index (χ3n) is 3.61. The number of rotatable bonds is 6. The van der Waals surface area contributed by atoms with Gasteiger partial charge in [-0.15, -0.1) is 0 Å². The highest BCUT2D eigenvalue weighted by atomic mass is 35.5. The molecule has 2 aromatic rings. The first-order valence-corrected chi connectivity index (χ1v) is 10.6. The Hall–Kier alpha value is -1.47. The summed E-state index contributed by atoms with van der Waals surface area (Å²) in [6.45, 7) is 1.72. The molecule has 0 fully saturated rings. The lowest BCUT2D eigenvalue weighted by Crippen LogP contribution is -2.47. The molecule has 1 N–H and O–H groups in total. The van der Waals surface area contributed by atoms with E-state index in [2.05, 4.69) is 5.32 Å². The zero-order valence-corrected chi connectivity index (χ0v) is 17.1. The molecule has 9 heteroatoms. The van der Waals surface area contributed by atoms with Gasteiger partial charge in [-0.05, 0) is 30.7 Å². The smallest absolute Gasteiger partial charge is 0.248 e. The van der Waals surface area contributed by atoms with Gasteiger partial charge >= 0.3 is 0 Å². The molecule has 2 rings (SSSR count). The molecule has 0 aliphatic rings. The van der Waals surface area contributed by atoms with Crippen molar-refractivity contribution in [2.75, 3.05) is 15.9 Å². The van der Waals surface area contributed by atoms with Crippen LogP contribution in [0.25, 0.3) is 0 Å². The van der Waals surface area contributed by atoms with Crippen molar-refractivity contribution in [2.24, 2.45) is 0 Å². The van der Waals surface area contributed by atoms with Crippen molar-refractivity contribution in [3.05, 3.63) is 57.5 Å². The van der Waals surface area contributed by atoms with Gasteiger partial charge in [-0.25, -0.2) is 8.42 Å². The van der Waals surface area contributed by atoms with Crippen LogP contribution in [-0.2, 0) is 14.8 Å². The monoisotopic (exact) mass is 434 g/mol. The van der Waals surface area contributed by atoms with E-state index in [4.69, 9.17) is 34.8 Å². The molecule has 5 nitrogen and oxygen atoms in total. The first-order chi connectivity index (χ1) is 12.1. The van der Waals surface area contributed by atoms with Crippen LogP contribution in [0, 0.1) is 0 Å². The Bertz CT molecular complexity index is 905. The number of para-hydroxylation sites is 1. The van der Waals surface area contributed by atoms with Crippen LogP contribution in [0.2, 0.25) is 15.1 Å². The highest BCUT2D eigenvalue weighted by Gasteiger charge is 2.31. The molecule has 0 aliphatic carbocycles. The van der Waals surface area contributed by atoms with E-state index in [-0.39, 0.29) is 27.2 Å². The van der Waals surface area contributed by atoms with Crippen molar-refractivity contribution < 1.29 is 13.2 Å². The number of anilines is 2. The SMILES string of the molecule is CC[C@H](C(=O)Nc1cc(Cl)c(Cl)cc1Cl)N(c1ccccc1)S(C)(=O)=O. The molecular formula is C17H17Cl3N2O3S. The standard InChI is InChI=1S/C17H17Cl3N2O3S/c1-3-16(22(26(2,24)25)11-7-5-4-6-8-11)17(23)21-15-10-13(19)12(18)9-14(15)20/h4-10,16H,3H2,1-2H3,(H,21,23)/t16-/m1/s1. The van der Waals surface area contributed by atoms with E-state index in [1.165, 1.54) is 12.1 Å². The lowest BCUT2D eigenvalue weighted by Gasteiger charge is -2.30. The van der Waals surface area contributed by atoms with E-state index >= 15 is 0 Å².